The van der Waals surface area contributed by atoms with Crippen molar-refractivity contribution in [3.8, 4) is 11.8 Å². The third-order valence-corrected chi connectivity index (χ3v) is 2.99. The number of nitrogens with zero attached hydrogens (tertiary/aromatic N) is 1. The quantitative estimate of drug-likeness (QED) is 0.745. The van der Waals surface area contributed by atoms with Crippen LogP contribution in [-0.2, 0) is 11.3 Å². The van der Waals surface area contributed by atoms with Crippen molar-refractivity contribution >= 4 is 5.91 Å². The van der Waals surface area contributed by atoms with Gasteiger partial charge in [0.25, 0.3) is 0 Å². The van der Waals surface area contributed by atoms with Gasteiger partial charge in [-0.2, -0.15) is 0 Å². The summed E-state index contributed by atoms with van der Waals surface area (Å²) in [4.78, 5) is 13.7. The summed E-state index contributed by atoms with van der Waals surface area (Å²) in [6.45, 7) is 4.21. The predicted molar refractivity (Wildman–Crippen MR) is 84.7 cm³/mol. The number of hydrogen-bond donors (Lipinski definition) is 2. The van der Waals surface area contributed by atoms with Gasteiger partial charge in [-0.15, -0.1) is 0 Å². The molecule has 1 rings (SSSR count). The first kappa shape index (κ1) is 17.2. The Morgan fingerprint density at radius 1 is 1.43 bits per heavy atom. The molecule has 0 aliphatic heterocycles. The molecule has 0 aliphatic rings. The maximum Gasteiger partial charge on any atom is 0.233 e. The number of aliphatic hydroxyl groups is 1. The Kier molecular flexibility index (Phi) is 8.18. The van der Waals surface area contributed by atoms with E-state index in [1.54, 1.807) is 7.05 Å². The third-order valence-electron chi connectivity index (χ3n) is 2.99. The molecule has 21 heavy (non-hydrogen) atoms. The predicted octanol–water partition coefficient (Wildman–Crippen LogP) is 1.38. The van der Waals surface area contributed by atoms with E-state index >= 15 is 0 Å². The molecule has 1 aromatic carbocycles. The van der Waals surface area contributed by atoms with Crippen LogP contribution in [0.3, 0.4) is 0 Å². The summed E-state index contributed by atoms with van der Waals surface area (Å²) >= 11 is 0. The molecule has 0 fully saturated rings. The Bertz CT molecular complexity index is 503. The van der Waals surface area contributed by atoms with Crippen molar-refractivity contribution < 1.29 is 9.90 Å². The lowest BCUT2D eigenvalue weighted by molar-refractivity contribution is -0.121. The highest BCUT2D eigenvalue weighted by atomic mass is 16.2. The number of carbonyl (C=O) groups is 1. The van der Waals surface area contributed by atoms with Gasteiger partial charge < -0.3 is 10.4 Å². The molecule has 0 unspecified atom stereocenters. The van der Waals surface area contributed by atoms with E-state index in [-0.39, 0.29) is 12.5 Å². The zero-order chi connectivity index (χ0) is 15.5. The highest BCUT2D eigenvalue weighted by Gasteiger charge is 2.09. The molecule has 0 aromatic heterocycles. The van der Waals surface area contributed by atoms with Gasteiger partial charge >= 0.3 is 0 Å². The lowest BCUT2D eigenvalue weighted by Gasteiger charge is -2.20. The molecule has 0 heterocycles. The monoisotopic (exact) mass is 288 g/mol. The fourth-order valence-electron chi connectivity index (χ4n) is 2.04. The topological polar surface area (TPSA) is 52.6 Å². The van der Waals surface area contributed by atoms with E-state index < -0.39 is 0 Å². The zero-order valence-electron chi connectivity index (χ0n) is 12.9. The number of likely N-dealkylation sites (N-methyl/N-ethyl adjacent to an activating group) is 1. The number of carbonyl (C=O) groups excluding carboxylic acids is 1. The lowest BCUT2D eigenvalue weighted by Crippen LogP contribution is -2.35. The Morgan fingerprint density at radius 3 is 2.90 bits per heavy atom. The largest absolute Gasteiger partial charge is 0.395 e. The van der Waals surface area contributed by atoms with Crippen LogP contribution in [0.2, 0.25) is 0 Å². The third kappa shape index (κ3) is 6.94. The lowest BCUT2D eigenvalue weighted by atomic mass is 10.1. The van der Waals surface area contributed by atoms with Crippen LogP contribution in [-0.4, -0.2) is 42.7 Å². The molecule has 0 bridgehead atoms. The minimum absolute atomic E-state index is 0.0299. The number of amides is 1. The van der Waals surface area contributed by atoms with Crippen LogP contribution in [0.1, 0.15) is 30.9 Å². The first-order valence-corrected chi connectivity index (χ1v) is 7.31. The molecule has 0 saturated carbocycles. The molecule has 0 saturated heterocycles. The fourth-order valence-corrected chi connectivity index (χ4v) is 2.04. The average molecular weight is 288 g/mol. The van der Waals surface area contributed by atoms with Crippen LogP contribution < -0.4 is 5.32 Å². The van der Waals surface area contributed by atoms with E-state index in [2.05, 4.69) is 29.0 Å². The molecule has 2 N–H and O–H groups in total. The highest BCUT2D eigenvalue weighted by Crippen LogP contribution is 2.08. The molecule has 114 valence electrons. The molecule has 0 atom stereocenters. The van der Waals surface area contributed by atoms with E-state index in [4.69, 9.17) is 5.11 Å². The standard InChI is InChI=1S/C17H24N2O2/c1-3-10-19(14-17(21)18-2)13-16-9-6-8-15(12-16)7-4-5-11-20/h6,8-9,12,20H,3,5,10-11,13-14H2,1-2H3,(H,18,21). The summed E-state index contributed by atoms with van der Waals surface area (Å²) < 4.78 is 0. The second-order valence-electron chi connectivity index (χ2n) is 4.86. The smallest absolute Gasteiger partial charge is 0.233 e. The van der Waals surface area contributed by atoms with Gasteiger partial charge in [0.2, 0.25) is 5.91 Å². The summed E-state index contributed by atoms with van der Waals surface area (Å²) in [5, 5.41) is 11.4. The normalized spacial score (nSPS) is 10.1. The SMILES string of the molecule is CCCN(CC(=O)NC)Cc1cccc(C#CCCO)c1. The Hall–Kier alpha value is -1.83. The van der Waals surface area contributed by atoms with E-state index in [1.807, 2.05) is 24.3 Å². The van der Waals surface area contributed by atoms with Crippen LogP contribution in [0.4, 0.5) is 0 Å². The van der Waals surface area contributed by atoms with Gasteiger partial charge in [-0.25, -0.2) is 0 Å². The maximum absolute atomic E-state index is 11.5. The summed E-state index contributed by atoms with van der Waals surface area (Å²) in [6, 6.07) is 8.01. The molecule has 0 spiro atoms. The molecular weight excluding hydrogens is 264 g/mol. The summed E-state index contributed by atoms with van der Waals surface area (Å²) in [7, 11) is 1.66. The molecule has 0 aliphatic carbocycles. The van der Waals surface area contributed by atoms with Gasteiger partial charge in [0, 0.05) is 25.6 Å². The van der Waals surface area contributed by atoms with Gasteiger partial charge in [0.1, 0.15) is 0 Å². The van der Waals surface area contributed by atoms with Crippen molar-refractivity contribution in [1.29, 1.82) is 0 Å². The molecule has 0 radical (unpaired) electrons. The van der Waals surface area contributed by atoms with Gasteiger partial charge in [0.05, 0.1) is 13.2 Å². The molecule has 4 heteroatoms. The Morgan fingerprint density at radius 2 is 2.24 bits per heavy atom. The van der Waals surface area contributed by atoms with Crippen molar-refractivity contribution in [3.05, 3.63) is 35.4 Å². The van der Waals surface area contributed by atoms with Crippen LogP contribution in [0.5, 0.6) is 0 Å². The highest BCUT2D eigenvalue weighted by molar-refractivity contribution is 5.77. The van der Waals surface area contributed by atoms with E-state index in [0.717, 1.165) is 30.6 Å². The second kappa shape index (κ2) is 9.98. The molecule has 4 nitrogen and oxygen atoms in total. The van der Waals surface area contributed by atoms with Crippen molar-refractivity contribution in [3.63, 3.8) is 0 Å². The number of rotatable bonds is 7. The minimum Gasteiger partial charge on any atom is -0.395 e. The van der Waals surface area contributed by atoms with Crippen LogP contribution in [0.15, 0.2) is 24.3 Å². The van der Waals surface area contributed by atoms with Gasteiger partial charge in [-0.3, -0.25) is 9.69 Å². The second-order valence-corrected chi connectivity index (χ2v) is 4.86. The average Bonchev–Trinajstić information content (AvgIpc) is 2.48. The maximum atomic E-state index is 11.5. The molecule has 1 aromatic rings. The van der Waals surface area contributed by atoms with E-state index in [1.165, 1.54) is 0 Å². The summed E-state index contributed by atoms with van der Waals surface area (Å²) in [5.41, 5.74) is 2.08. The van der Waals surface area contributed by atoms with Crippen LogP contribution in [0.25, 0.3) is 0 Å². The fraction of sp³-hybridized carbons (Fsp3) is 0.471. The summed E-state index contributed by atoms with van der Waals surface area (Å²) in [5.74, 6) is 5.99. The van der Waals surface area contributed by atoms with Crippen molar-refractivity contribution in [2.45, 2.75) is 26.3 Å². The molecule has 1 amide bonds. The van der Waals surface area contributed by atoms with E-state index in [9.17, 15) is 4.79 Å². The van der Waals surface area contributed by atoms with Crippen LogP contribution in [0, 0.1) is 11.8 Å². The van der Waals surface area contributed by atoms with Gasteiger partial charge in [-0.1, -0.05) is 30.9 Å². The number of nitrogens with one attached hydrogen (secondary N) is 1. The Labute approximate surface area is 127 Å². The zero-order valence-corrected chi connectivity index (χ0v) is 12.9. The van der Waals surface area contributed by atoms with Crippen molar-refractivity contribution in [1.82, 2.24) is 10.2 Å². The van der Waals surface area contributed by atoms with Crippen molar-refractivity contribution in [2.24, 2.45) is 0 Å². The first-order valence-electron chi connectivity index (χ1n) is 7.31. The van der Waals surface area contributed by atoms with Gasteiger partial charge in [-0.05, 0) is 30.7 Å². The van der Waals surface area contributed by atoms with Crippen LogP contribution >= 0.6 is 0 Å². The number of benzene rings is 1. The minimum atomic E-state index is 0.0299. The summed E-state index contributed by atoms with van der Waals surface area (Å²) in [6.07, 6.45) is 1.50. The van der Waals surface area contributed by atoms with Crippen molar-refractivity contribution in [2.75, 3.05) is 26.7 Å². The van der Waals surface area contributed by atoms with Gasteiger partial charge in [0.15, 0.2) is 0 Å². The Balaban J connectivity index is 2.72. The molecular formula is C17H24N2O2. The number of hydrogen-bond acceptors (Lipinski definition) is 3. The number of aliphatic hydroxyl groups excluding tert-OH is 1. The first-order chi connectivity index (χ1) is 10.2. The van der Waals surface area contributed by atoms with E-state index in [0.29, 0.717) is 13.0 Å².